The lowest BCUT2D eigenvalue weighted by Crippen LogP contribution is -2.15. The summed E-state index contributed by atoms with van der Waals surface area (Å²) in [5, 5.41) is 2.35. The van der Waals surface area contributed by atoms with Crippen LogP contribution in [0.25, 0.3) is 0 Å². The minimum Gasteiger partial charge on any atom is -0.493 e. The third kappa shape index (κ3) is 5.83. The average molecular weight is 389 g/mol. The van der Waals surface area contributed by atoms with Crippen molar-refractivity contribution in [2.45, 2.75) is 12.4 Å². The van der Waals surface area contributed by atoms with Gasteiger partial charge in [-0.3, -0.25) is 4.79 Å². The predicted molar refractivity (Wildman–Crippen MR) is 90.8 cm³/mol. The van der Waals surface area contributed by atoms with Gasteiger partial charge in [0.05, 0.1) is 18.6 Å². The second kappa shape index (κ2) is 9.33. The largest absolute Gasteiger partial charge is 0.493 e. The van der Waals surface area contributed by atoms with Gasteiger partial charge in [0.2, 0.25) is 5.91 Å². The number of hydrogen-bond acceptors (Lipinski definition) is 4. The van der Waals surface area contributed by atoms with Crippen molar-refractivity contribution < 1.29 is 31.8 Å². The second-order valence-corrected chi connectivity index (χ2v) is 6.01. The molecule has 26 heavy (non-hydrogen) atoms. The molecule has 4 nitrogen and oxygen atoms in total. The molecule has 2 aromatic carbocycles. The number of rotatable bonds is 8. The van der Waals surface area contributed by atoms with Crippen molar-refractivity contribution >= 4 is 23.4 Å². The van der Waals surface area contributed by atoms with Crippen LogP contribution >= 0.6 is 11.8 Å². The van der Waals surface area contributed by atoms with Crippen molar-refractivity contribution in [2.75, 3.05) is 18.2 Å². The van der Waals surface area contributed by atoms with Gasteiger partial charge in [0.25, 0.3) is 0 Å². The molecule has 0 saturated heterocycles. The van der Waals surface area contributed by atoms with Crippen molar-refractivity contribution in [1.82, 2.24) is 0 Å². The molecule has 1 amide bonds. The first-order valence-corrected chi connectivity index (χ1v) is 8.49. The Labute approximate surface area is 151 Å². The summed E-state index contributed by atoms with van der Waals surface area (Å²) in [5.74, 6) is -1.56. The molecule has 9 heteroatoms. The number of ether oxygens (including phenoxy) is 2. The van der Waals surface area contributed by atoms with E-state index in [-0.39, 0.29) is 22.9 Å². The van der Waals surface area contributed by atoms with E-state index in [1.54, 1.807) is 6.07 Å². The van der Waals surface area contributed by atoms with E-state index in [1.807, 2.05) is 0 Å². The van der Waals surface area contributed by atoms with Crippen LogP contribution in [0.15, 0.2) is 36.4 Å². The Morgan fingerprint density at radius 3 is 2.58 bits per heavy atom. The number of anilines is 1. The average Bonchev–Trinajstić information content (AvgIpc) is 2.58. The first-order chi connectivity index (χ1) is 12.4. The Balaban J connectivity index is 1.87. The molecule has 0 heterocycles. The van der Waals surface area contributed by atoms with Crippen LogP contribution in [0, 0.1) is 11.6 Å². The fourth-order valence-corrected chi connectivity index (χ4v) is 2.81. The summed E-state index contributed by atoms with van der Waals surface area (Å²) in [4.78, 5) is 11.8. The van der Waals surface area contributed by atoms with Crippen LogP contribution in [-0.2, 0) is 10.5 Å². The van der Waals surface area contributed by atoms with Gasteiger partial charge in [0.15, 0.2) is 11.5 Å². The van der Waals surface area contributed by atoms with Gasteiger partial charge in [0, 0.05) is 11.8 Å². The second-order valence-electron chi connectivity index (χ2n) is 5.03. The number of hydrogen-bond donors (Lipinski definition) is 1. The summed E-state index contributed by atoms with van der Waals surface area (Å²) in [6.07, 6.45) is 0. The fraction of sp³-hybridized carbons (Fsp3) is 0.235. The van der Waals surface area contributed by atoms with Gasteiger partial charge < -0.3 is 14.8 Å². The minimum atomic E-state index is -2.96. The molecule has 0 atom stereocenters. The van der Waals surface area contributed by atoms with E-state index in [0.29, 0.717) is 11.8 Å². The first kappa shape index (κ1) is 19.9. The number of carbonyl (C=O) groups is 1. The van der Waals surface area contributed by atoms with E-state index in [9.17, 15) is 22.4 Å². The molecule has 1 N–H and O–H groups in total. The zero-order chi connectivity index (χ0) is 19.1. The topological polar surface area (TPSA) is 47.6 Å². The van der Waals surface area contributed by atoms with Crippen molar-refractivity contribution in [3.63, 3.8) is 0 Å². The molecule has 0 aliphatic carbocycles. The molecular weight excluding hydrogens is 374 g/mol. The van der Waals surface area contributed by atoms with E-state index in [1.165, 1.54) is 31.0 Å². The standard InChI is InChI=1S/C17H15F4NO3S/c1-24-15-6-10(2-5-14(15)25-17(20)21)8-26-9-16(23)22-13-4-3-11(18)7-12(13)19/h2-7,17H,8-9H2,1H3,(H,22,23). The van der Waals surface area contributed by atoms with Gasteiger partial charge in [0.1, 0.15) is 11.6 Å². The first-order valence-electron chi connectivity index (χ1n) is 7.33. The van der Waals surface area contributed by atoms with Crippen LogP contribution in [-0.4, -0.2) is 25.4 Å². The Bertz CT molecular complexity index is 774. The molecule has 0 aromatic heterocycles. The van der Waals surface area contributed by atoms with Gasteiger partial charge in [-0.05, 0) is 29.8 Å². The highest BCUT2D eigenvalue weighted by Crippen LogP contribution is 2.30. The number of benzene rings is 2. The highest BCUT2D eigenvalue weighted by Gasteiger charge is 2.12. The molecule has 0 spiro atoms. The summed E-state index contributed by atoms with van der Waals surface area (Å²) in [6, 6.07) is 7.32. The summed E-state index contributed by atoms with van der Waals surface area (Å²) in [7, 11) is 1.33. The third-order valence-electron chi connectivity index (χ3n) is 3.15. The van der Waals surface area contributed by atoms with Crippen molar-refractivity contribution in [3.8, 4) is 11.5 Å². The molecule has 2 rings (SSSR count). The zero-order valence-electron chi connectivity index (χ0n) is 13.6. The minimum absolute atomic E-state index is 0.0222. The van der Waals surface area contributed by atoms with Crippen LogP contribution in [0.2, 0.25) is 0 Å². The van der Waals surface area contributed by atoms with Crippen LogP contribution in [0.4, 0.5) is 23.2 Å². The summed E-state index contributed by atoms with van der Waals surface area (Å²) >= 11 is 1.23. The highest BCUT2D eigenvalue weighted by molar-refractivity contribution is 7.99. The molecule has 0 aliphatic rings. The van der Waals surface area contributed by atoms with Gasteiger partial charge in [-0.15, -0.1) is 11.8 Å². The van der Waals surface area contributed by atoms with Crippen LogP contribution in [0.1, 0.15) is 5.56 Å². The lowest BCUT2D eigenvalue weighted by Gasteiger charge is -2.11. The highest BCUT2D eigenvalue weighted by atomic mass is 32.2. The molecule has 0 aliphatic heterocycles. The molecule has 0 bridgehead atoms. The van der Waals surface area contributed by atoms with E-state index in [2.05, 4.69) is 10.1 Å². The maximum atomic E-state index is 13.5. The van der Waals surface area contributed by atoms with Gasteiger partial charge >= 0.3 is 6.61 Å². The monoisotopic (exact) mass is 389 g/mol. The third-order valence-corrected chi connectivity index (χ3v) is 4.15. The molecule has 140 valence electrons. The molecular formula is C17H15F4NO3S. The summed E-state index contributed by atoms with van der Waals surface area (Å²) in [6.45, 7) is -2.96. The van der Waals surface area contributed by atoms with E-state index in [0.717, 1.165) is 17.7 Å². The van der Waals surface area contributed by atoms with Crippen LogP contribution in [0.5, 0.6) is 11.5 Å². The van der Waals surface area contributed by atoms with Gasteiger partial charge in [-0.25, -0.2) is 8.78 Å². The Morgan fingerprint density at radius 2 is 1.92 bits per heavy atom. The fourth-order valence-electron chi connectivity index (χ4n) is 2.03. The van der Waals surface area contributed by atoms with Crippen LogP contribution < -0.4 is 14.8 Å². The number of thioether (sulfide) groups is 1. The summed E-state index contributed by atoms with van der Waals surface area (Å²) in [5.41, 5.74) is 0.626. The van der Waals surface area contributed by atoms with E-state index >= 15 is 0 Å². The van der Waals surface area contributed by atoms with Crippen molar-refractivity contribution in [2.24, 2.45) is 0 Å². The molecule has 2 aromatic rings. The Hall–Kier alpha value is -2.42. The number of methoxy groups -OCH3 is 1. The zero-order valence-corrected chi connectivity index (χ0v) is 14.4. The lowest BCUT2D eigenvalue weighted by molar-refractivity contribution is -0.113. The molecule has 0 radical (unpaired) electrons. The Morgan fingerprint density at radius 1 is 1.15 bits per heavy atom. The Kier molecular flexibility index (Phi) is 7.14. The number of carbonyl (C=O) groups excluding carboxylic acids is 1. The molecule has 0 unspecified atom stereocenters. The molecule has 0 fully saturated rings. The predicted octanol–water partition coefficient (Wildman–Crippen LogP) is 4.45. The number of alkyl halides is 2. The number of nitrogens with one attached hydrogen (secondary N) is 1. The van der Waals surface area contributed by atoms with Crippen molar-refractivity contribution in [1.29, 1.82) is 0 Å². The van der Waals surface area contributed by atoms with Crippen LogP contribution in [0.3, 0.4) is 0 Å². The van der Waals surface area contributed by atoms with E-state index in [4.69, 9.17) is 4.74 Å². The quantitative estimate of drug-likeness (QED) is 0.678. The normalized spacial score (nSPS) is 10.7. The van der Waals surface area contributed by atoms with Gasteiger partial charge in [-0.2, -0.15) is 8.78 Å². The maximum absolute atomic E-state index is 13.5. The molecule has 0 saturated carbocycles. The van der Waals surface area contributed by atoms with Gasteiger partial charge in [-0.1, -0.05) is 6.07 Å². The van der Waals surface area contributed by atoms with Crippen molar-refractivity contribution in [3.05, 3.63) is 53.6 Å². The smallest absolute Gasteiger partial charge is 0.387 e. The maximum Gasteiger partial charge on any atom is 0.387 e. The summed E-state index contributed by atoms with van der Waals surface area (Å²) < 4.78 is 60.2. The number of amides is 1. The van der Waals surface area contributed by atoms with E-state index < -0.39 is 24.2 Å². The lowest BCUT2D eigenvalue weighted by atomic mass is 10.2. The number of halogens is 4. The SMILES string of the molecule is COc1cc(CSCC(=O)Nc2ccc(F)cc2F)ccc1OC(F)F.